The van der Waals surface area contributed by atoms with Gasteiger partial charge in [-0.05, 0) is 93.8 Å². The molecule has 0 radical (unpaired) electrons. The molecule has 2 aromatic carbocycles. The van der Waals surface area contributed by atoms with Gasteiger partial charge in [-0.1, -0.05) is 18.2 Å². The molecular formula is C31H35N5O2. The molecule has 2 fully saturated rings. The van der Waals surface area contributed by atoms with Crippen LogP contribution in [-0.4, -0.2) is 44.9 Å². The van der Waals surface area contributed by atoms with E-state index in [1.807, 2.05) is 50.2 Å². The van der Waals surface area contributed by atoms with Gasteiger partial charge in [-0.25, -0.2) is 0 Å². The van der Waals surface area contributed by atoms with Crippen LogP contribution in [0.25, 0.3) is 22.2 Å². The predicted molar refractivity (Wildman–Crippen MR) is 150 cm³/mol. The number of piperidine rings is 1. The minimum Gasteiger partial charge on any atom is -0.390 e. The Kier molecular flexibility index (Phi) is 6.40. The molecule has 2 aliphatic rings. The normalized spacial score (nSPS) is 17.5. The van der Waals surface area contributed by atoms with Gasteiger partial charge in [0.1, 0.15) is 0 Å². The molecule has 38 heavy (non-hydrogen) atoms. The smallest absolute Gasteiger partial charge is 0.251 e. The molecule has 1 amide bonds. The molecule has 1 unspecified atom stereocenters. The van der Waals surface area contributed by atoms with E-state index in [1.54, 1.807) is 6.20 Å². The summed E-state index contributed by atoms with van der Waals surface area (Å²) in [6, 6.07) is 20.0. The molecule has 2 aromatic heterocycles. The lowest BCUT2D eigenvalue weighted by Crippen LogP contribution is -2.41. The third-order valence-corrected chi connectivity index (χ3v) is 8.21. The quantitative estimate of drug-likeness (QED) is 0.306. The SMILES string of the molecule is CC(C)(O)C1CCN(c2ccc(-c3n[nH]c4ccc(C(=O)NC(c5ccccn5)C5CC5)cc34)cc2)CC1. The number of nitrogens with one attached hydrogen (secondary N) is 2. The third-order valence-electron chi connectivity index (χ3n) is 8.21. The van der Waals surface area contributed by atoms with Crippen LogP contribution in [0, 0.1) is 11.8 Å². The maximum absolute atomic E-state index is 13.3. The summed E-state index contributed by atoms with van der Waals surface area (Å²) < 4.78 is 0. The predicted octanol–water partition coefficient (Wildman–Crippen LogP) is 5.49. The van der Waals surface area contributed by atoms with Gasteiger partial charge >= 0.3 is 0 Å². The Morgan fingerprint density at radius 1 is 1.05 bits per heavy atom. The largest absolute Gasteiger partial charge is 0.390 e. The highest BCUT2D eigenvalue weighted by atomic mass is 16.3. The van der Waals surface area contributed by atoms with Crippen molar-refractivity contribution in [2.45, 2.75) is 51.2 Å². The van der Waals surface area contributed by atoms with Crippen LogP contribution < -0.4 is 10.2 Å². The number of aliphatic hydroxyl groups is 1. The van der Waals surface area contributed by atoms with Gasteiger partial charge in [0.25, 0.3) is 5.91 Å². The molecule has 4 aromatic rings. The van der Waals surface area contributed by atoms with Crippen molar-refractivity contribution in [3.8, 4) is 11.3 Å². The maximum atomic E-state index is 13.3. The number of fused-ring (bicyclic) bond motifs is 1. The molecule has 1 atom stereocenters. The summed E-state index contributed by atoms with van der Waals surface area (Å²) in [6.07, 6.45) is 5.98. The molecule has 7 heteroatoms. The van der Waals surface area contributed by atoms with E-state index in [-0.39, 0.29) is 11.9 Å². The van der Waals surface area contributed by atoms with Crippen LogP contribution >= 0.6 is 0 Å². The number of carbonyl (C=O) groups excluding carboxylic acids is 1. The van der Waals surface area contributed by atoms with Crippen LogP contribution in [0.2, 0.25) is 0 Å². The number of hydrogen-bond donors (Lipinski definition) is 3. The second kappa shape index (κ2) is 9.87. The van der Waals surface area contributed by atoms with Gasteiger partial charge in [0.05, 0.1) is 28.5 Å². The van der Waals surface area contributed by atoms with Gasteiger partial charge in [-0.15, -0.1) is 0 Å². The van der Waals surface area contributed by atoms with Crippen molar-refractivity contribution in [3.05, 3.63) is 78.1 Å². The Bertz CT molecular complexity index is 1410. The summed E-state index contributed by atoms with van der Waals surface area (Å²) in [5.74, 6) is 0.691. The average Bonchev–Trinajstić information content (AvgIpc) is 3.70. The monoisotopic (exact) mass is 509 g/mol. The molecule has 196 valence electrons. The number of nitrogens with zero attached hydrogens (tertiary/aromatic N) is 3. The summed E-state index contributed by atoms with van der Waals surface area (Å²) in [5.41, 5.74) is 4.84. The average molecular weight is 510 g/mol. The lowest BCUT2D eigenvalue weighted by atomic mass is 9.83. The highest BCUT2D eigenvalue weighted by Gasteiger charge is 2.34. The summed E-state index contributed by atoms with van der Waals surface area (Å²) in [5, 5.41) is 22.2. The molecule has 6 rings (SSSR count). The van der Waals surface area contributed by atoms with E-state index in [0.29, 0.717) is 17.4 Å². The third kappa shape index (κ3) is 5.03. The zero-order valence-electron chi connectivity index (χ0n) is 22.0. The van der Waals surface area contributed by atoms with Crippen molar-refractivity contribution in [2.24, 2.45) is 11.8 Å². The Morgan fingerprint density at radius 3 is 2.47 bits per heavy atom. The lowest BCUT2D eigenvalue weighted by molar-refractivity contribution is 0.00651. The van der Waals surface area contributed by atoms with E-state index in [1.165, 1.54) is 5.69 Å². The Labute approximate surface area is 223 Å². The molecule has 7 nitrogen and oxygen atoms in total. The van der Waals surface area contributed by atoms with E-state index in [2.05, 4.69) is 49.7 Å². The van der Waals surface area contributed by atoms with Crippen LogP contribution in [-0.2, 0) is 0 Å². The number of hydrogen-bond acceptors (Lipinski definition) is 5. The van der Waals surface area contributed by atoms with Gasteiger partial charge in [0, 0.05) is 41.5 Å². The van der Waals surface area contributed by atoms with Gasteiger partial charge in [0.15, 0.2) is 0 Å². The topological polar surface area (TPSA) is 94.1 Å². The standard InChI is InChI=1S/C31H35N5O2/c1-31(2,38)23-14-17-36(18-15-23)24-11-8-20(9-12-24)28-25-19-22(10-13-26(25)34-35-28)30(37)33-29(21-6-7-21)27-5-3-4-16-32-27/h3-5,8-13,16,19,21,23,29,38H,6-7,14-15,17-18H2,1-2H3,(H,33,37)(H,34,35). The highest BCUT2D eigenvalue weighted by molar-refractivity contribution is 6.01. The van der Waals surface area contributed by atoms with Gasteiger partial charge in [-0.3, -0.25) is 14.9 Å². The lowest BCUT2D eigenvalue weighted by Gasteiger charge is -2.38. The van der Waals surface area contributed by atoms with Gasteiger partial charge in [0.2, 0.25) is 0 Å². The highest BCUT2D eigenvalue weighted by Crippen LogP contribution is 2.40. The van der Waals surface area contributed by atoms with E-state index in [0.717, 1.165) is 66.6 Å². The van der Waals surface area contributed by atoms with Crippen molar-refractivity contribution >= 4 is 22.5 Å². The van der Waals surface area contributed by atoms with Crippen molar-refractivity contribution in [3.63, 3.8) is 0 Å². The molecule has 3 heterocycles. The van der Waals surface area contributed by atoms with Gasteiger partial charge in [-0.2, -0.15) is 5.10 Å². The zero-order valence-corrected chi connectivity index (χ0v) is 22.0. The van der Waals surface area contributed by atoms with Crippen LogP contribution in [0.1, 0.15) is 61.6 Å². The first-order valence-electron chi connectivity index (χ1n) is 13.6. The molecule has 1 aliphatic carbocycles. The van der Waals surface area contributed by atoms with Crippen molar-refractivity contribution in [1.29, 1.82) is 0 Å². The van der Waals surface area contributed by atoms with E-state index < -0.39 is 5.60 Å². The number of H-pyrrole nitrogens is 1. The summed E-state index contributed by atoms with van der Waals surface area (Å²) in [4.78, 5) is 20.2. The van der Waals surface area contributed by atoms with Crippen molar-refractivity contribution in [2.75, 3.05) is 18.0 Å². The molecular weight excluding hydrogens is 474 g/mol. The number of aromatic amines is 1. The number of aromatic nitrogens is 3. The molecule has 0 bridgehead atoms. The van der Waals surface area contributed by atoms with Crippen molar-refractivity contribution in [1.82, 2.24) is 20.5 Å². The Balaban J connectivity index is 1.19. The Hall–Kier alpha value is -3.71. The fourth-order valence-electron chi connectivity index (χ4n) is 5.70. The number of anilines is 1. The molecule has 1 saturated carbocycles. The van der Waals surface area contributed by atoms with Crippen LogP contribution in [0.15, 0.2) is 66.9 Å². The fraction of sp³-hybridized carbons (Fsp3) is 0.387. The first-order valence-corrected chi connectivity index (χ1v) is 13.6. The zero-order chi connectivity index (χ0) is 26.3. The summed E-state index contributed by atoms with van der Waals surface area (Å²) in [7, 11) is 0. The Morgan fingerprint density at radius 2 is 1.82 bits per heavy atom. The molecule has 1 saturated heterocycles. The molecule has 3 N–H and O–H groups in total. The first kappa shape index (κ1) is 24.6. The minimum atomic E-state index is -0.621. The number of pyridine rings is 1. The number of carbonyl (C=O) groups is 1. The summed E-state index contributed by atoms with van der Waals surface area (Å²) >= 11 is 0. The number of amides is 1. The van der Waals surface area contributed by atoms with E-state index in [4.69, 9.17) is 0 Å². The fourth-order valence-corrected chi connectivity index (χ4v) is 5.70. The van der Waals surface area contributed by atoms with Crippen LogP contribution in [0.5, 0.6) is 0 Å². The second-order valence-corrected chi connectivity index (χ2v) is 11.3. The first-order chi connectivity index (χ1) is 18.4. The second-order valence-electron chi connectivity index (χ2n) is 11.3. The number of benzene rings is 2. The number of rotatable bonds is 7. The van der Waals surface area contributed by atoms with Crippen LogP contribution in [0.3, 0.4) is 0 Å². The molecule has 1 aliphatic heterocycles. The van der Waals surface area contributed by atoms with E-state index >= 15 is 0 Å². The van der Waals surface area contributed by atoms with Crippen LogP contribution in [0.4, 0.5) is 5.69 Å². The summed E-state index contributed by atoms with van der Waals surface area (Å²) in [6.45, 7) is 5.71. The molecule has 0 spiro atoms. The minimum absolute atomic E-state index is 0.0655. The van der Waals surface area contributed by atoms with Gasteiger partial charge < -0.3 is 15.3 Å². The van der Waals surface area contributed by atoms with E-state index in [9.17, 15) is 9.90 Å². The van der Waals surface area contributed by atoms with Crippen molar-refractivity contribution < 1.29 is 9.90 Å². The maximum Gasteiger partial charge on any atom is 0.251 e.